The van der Waals surface area contributed by atoms with Crippen LogP contribution in [0.1, 0.15) is 34.1 Å². The number of carbonyl (C=O) groups is 5. The maximum atomic E-state index is 13.3. The van der Waals surface area contributed by atoms with Crippen molar-refractivity contribution >= 4 is 29.6 Å². The predicted octanol–water partition coefficient (Wildman–Crippen LogP) is -23.4. The molecular weight excluding hydrogens is 1770 g/mol. The summed E-state index contributed by atoms with van der Waals surface area (Å²) in [6, 6.07) is -7.67. The molecular formula is C71H120N4O54. The highest BCUT2D eigenvalue weighted by molar-refractivity contribution is 5.77. The predicted molar refractivity (Wildman–Crippen MR) is 395 cm³/mol. The number of nitrogens with one attached hydrogen (secondary N) is 4. The van der Waals surface area contributed by atoms with Crippen LogP contribution in [0.25, 0.3) is 0 Å². The molecule has 58 nitrogen and oxygen atoms in total. The van der Waals surface area contributed by atoms with Gasteiger partial charge in [0.15, 0.2) is 50.3 Å². The van der Waals surface area contributed by atoms with E-state index in [0.717, 1.165) is 27.7 Å². The fraction of sp³-hybridized carbons (Fsp3) is 0.930. The SMILES string of the molecule is CC(=O)N[C@H]1[C@H](O[C@@H]([C@H](O)[C@H](CO)NC(C)=O)[C@H](O)CO)O[C@H](CO)[C@@H](O[C@@H]2O[C@H](CO[C@H]3O[C@H](CO[C@H]4O[C@H](CO)[C@@H](O)[C@H](O)[C@@H]4O)[C@@H](O)[C@H](O[C@H]4O[C@H](CO)[C@@H](O)[C@H](O)[C@@H]4O)[C@@H]3O)[C@@H](O)[C@H](O[C@H]3O[C@H](CO)[C@@H](O)[C@H](O)[C@@H]3O[C@@H]3O[C@H](CO)[C@@H](O[C@@H]4O[C@H](CO)[C@H](O)[C@H](O[C@]5(C(=O)O)C[C@H](O)[C@@H](NC(C)=O)[C@H]([C@H](O)[C@H](O)CO)O5)[C@H]4O)[C@H](O)[C@H]3NC(C)=O)[C@@H]2O)[C@@H]1O. The first kappa shape index (κ1) is 108. The van der Waals surface area contributed by atoms with Crippen molar-refractivity contribution in [2.24, 2.45) is 0 Å². The van der Waals surface area contributed by atoms with Gasteiger partial charge in [0.05, 0.1) is 90.9 Å². The number of aliphatic hydroxyl groups excluding tert-OH is 30. The monoisotopic (exact) mass is 1890 g/mol. The summed E-state index contributed by atoms with van der Waals surface area (Å²) in [4.78, 5) is 64.0. The minimum Gasteiger partial charge on any atom is -0.477 e. The molecule has 0 aliphatic carbocycles. The fourth-order valence-electron chi connectivity index (χ4n) is 16.1. The van der Waals surface area contributed by atoms with Gasteiger partial charge in [-0.2, -0.15) is 0 Å². The number of rotatable bonds is 39. The third-order valence-corrected chi connectivity index (χ3v) is 23.1. The van der Waals surface area contributed by atoms with Crippen LogP contribution in [0.3, 0.4) is 0 Å². The van der Waals surface area contributed by atoms with Gasteiger partial charge in [0.25, 0.3) is 5.79 Å². The summed E-state index contributed by atoms with van der Waals surface area (Å²) in [5, 5.41) is 354. The Bertz CT molecular complexity index is 3490. The summed E-state index contributed by atoms with van der Waals surface area (Å²) in [5.74, 6) is -9.36. The summed E-state index contributed by atoms with van der Waals surface area (Å²) in [6.07, 6.45) is -102. The summed E-state index contributed by atoms with van der Waals surface area (Å²) < 4.78 is 106. The number of carboxylic acid groups (broad SMARTS) is 1. The van der Waals surface area contributed by atoms with Crippen molar-refractivity contribution in [3.05, 3.63) is 0 Å². The lowest BCUT2D eigenvalue weighted by molar-refractivity contribution is -0.400. The first-order valence-electron chi connectivity index (χ1n) is 40.7. The van der Waals surface area contributed by atoms with Crippen LogP contribution in [0, 0.1) is 0 Å². The zero-order valence-corrected chi connectivity index (χ0v) is 69.0. The molecule has 0 aromatic carbocycles. The average Bonchev–Trinajstić information content (AvgIpc) is 0.723. The number of hydrogen-bond acceptors (Lipinski definition) is 53. The minimum absolute atomic E-state index is 0.842. The number of carboxylic acids is 1. The second kappa shape index (κ2) is 47.5. The van der Waals surface area contributed by atoms with Crippen LogP contribution in [0.4, 0.5) is 0 Å². The van der Waals surface area contributed by atoms with Crippen LogP contribution in [-0.4, -0.2) is 567 Å². The third-order valence-electron chi connectivity index (χ3n) is 23.1. The summed E-state index contributed by atoms with van der Waals surface area (Å²) in [5.41, 5.74) is 0. The maximum Gasteiger partial charge on any atom is 0.364 e. The molecule has 0 aromatic heterocycles. The Morgan fingerprint density at radius 2 is 0.705 bits per heavy atom. The molecule has 0 bridgehead atoms. The van der Waals surface area contributed by atoms with Crippen LogP contribution < -0.4 is 21.3 Å². The van der Waals surface area contributed by atoms with E-state index in [4.69, 9.17) is 85.3 Å². The molecule has 9 saturated heterocycles. The van der Waals surface area contributed by atoms with Gasteiger partial charge in [-0.1, -0.05) is 0 Å². The van der Waals surface area contributed by atoms with E-state index in [1.54, 1.807) is 0 Å². The van der Waals surface area contributed by atoms with Crippen LogP contribution in [0.2, 0.25) is 0 Å². The summed E-state index contributed by atoms with van der Waals surface area (Å²) >= 11 is 0. The van der Waals surface area contributed by atoms with Gasteiger partial charge in [-0.15, -0.1) is 0 Å². The van der Waals surface area contributed by atoms with E-state index in [1.807, 2.05) is 0 Å². The second-order valence-corrected chi connectivity index (χ2v) is 32.2. The summed E-state index contributed by atoms with van der Waals surface area (Å²) in [7, 11) is 0. The van der Waals surface area contributed by atoms with Crippen LogP contribution >= 0.6 is 0 Å². The standard InChI is InChI=1S/C71H120N4O54/c1-17(85)72-21(6-76)36(92)54(24(91)8-78)122-62-34(74-19(3)87)44(100)55(29(13-83)118-62)123-67-52(108)59(43(99)32(121-67)16-113-65-51(107)58(125-66-50(106)47(103)39(95)26(10-80)115-66)42(98)31(120-65)15-112-64-49(105)46(102)38(94)25(9-79)114-64)126-69-61(48(104)40(96)27(11-81)117-69)127-63-35(75-20(4)88)45(101)56(30(14-84)119-63)124-68-53(109)60(41(97)28(12-82)116-68)129-71(70(110)111)5-22(89)33(73-18(2)86)57(128-71)37(93)23(90)7-77/h21-69,76-84,89-109H,5-16H2,1-4H3,(H,72,85)(H,73,86)(H,74,87)(H,75,88)(H,110,111)/t21-,22-,23+,24+,25+,26+,27+,28+,29+,30+,31+,32+,33+,34+,35+,36+,37+,38+,39+,40+,41-,42+,43+,44+,45+,46-,47-,48-,49-,50-,51-,52-,53+,54+,55+,56+,57+,58-,59-,60-,61-,62-,63-,64-,65-,66+,67-,68-,69+,71-/m0/s1. The van der Waals surface area contributed by atoms with Gasteiger partial charge in [0, 0.05) is 34.1 Å². The molecule has 9 rings (SSSR count). The lowest BCUT2D eigenvalue weighted by atomic mass is 9.88. The van der Waals surface area contributed by atoms with Crippen molar-refractivity contribution in [2.75, 3.05) is 72.7 Å². The van der Waals surface area contributed by atoms with E-state index in [9.17, 15) is 182 Å². The van der Waals surface area contributed by atoms with E-state index in [-0.39, 0.29) is 0 Å². The highest BCUT2D eigenvalue weighted by Gasteiger charge is 2.64. The molecule has 50 atom stereocenters. The number of amides is 4. The molecule has 0 spiro atoms. The molecule has 35 N–H and O–H groups in total. The van der Waals surface area contributed by atoms with Crippen molar-refractivity contribution in [3.8, 4) is 0 Å². The van der Waals surface area contributed by atoms with E-state index in [0.29, 0.717) is 0 Å². The van der Waals surface area contributed by atoms with Crippen LogP contribution in [-0.2, 0) is 109 Å². The average molecular weight is 1890 g/mol. The molecule has 0 aromatic rings. The smallest absolute Gasteiger partial charge is 0.364 e. The normalized spacial score (nSPS) is 45.6. The zero-order valence-electron chi connectivity index (χ0n) is 69.0. The molecule has 129 heavy (non-hydrogen) atoms. The number of ether oxygens (including phenoxy) is 18. The van der Waals surface area contributed by atoms with E-state index < -0.39 is 415 Å². The number of aliphatic carboxylic acids is 1. The molecule has 9 aliphatic heterocycles. The molecule has 0 radical (unpaired) electrons. The molecule has 4 amide bonds. The van der Waals surface area contributed by atoms with Crippen molar-refractivity contribution in [1.82, 2.24) is 21.3 Å². The Hall–Kier alpha value is -4.57. The molecule has 9 fully saturated rings. The largest absolute Gasteiger partial charge is 0.477 e. The van der Waals surface area contributed by atoms with Crippen molar-refractivity contribution in [2.45, 2.75) is 340 Å². The van der Waals surface area contributed by atoms with Gasteiger partial charge in [0.2, 0.25) is 23.6 Å². The Morgan fingerprint density at radius 3 is 1.16 bits per heavy atom. The quantitative estimate of drug-likeness (QED) is 0.0272. The van der Waals surface area contributed by atoms with Crippen molar-refractivity contribution < 1.29 is 268 Å². The van der Waals surface area contributed by atoms with E-state index in [1.165, 1.54) is 0 Å². The van der Waals surface area contributed by atoms with Gasteiger partial charge in [-0.05, 0) is 0 Å². The highest BCUT2D eigenvalue weighted by atomic mass is 16.8. The third kappa shape index (κ3) is 24.5. The van der Waals surface area contributed by atoms with Gasteiger partial charge >= 0.3 is 5.97 Å². The van der Waals surface area contributed by atoms with E-state index in [2.05, 4.69) is 21.3 Å². The molecule has 0 unspecified atom stereocenters. The molecule has 9 heterocycles. The summed E-state index contributed by atoms with van der Waals surface area (Å²) in [6.45, 7) is -9.42. The number of carbonyl (C=O) groups excluding carboxylic acids is 4. The van der Waals surface area contributed by atoms with Gasteiger partial charge < -0.3 is 265 Å². The van der Waals surface area contributed by atoms with E-state index >= 15 is 0 Å². The lowest BCUT2D eigenvalue weighted by Crippen LogP contribution is -2.71. The van der Waals surface area contributed by atoms with Crippen molar-refractivity contribution in [1.29, 1.82) is 0 Å². The van der Waals surface area contributed by atoms with Crippen LogP contribution in [0.15, 0.2) is 0 Å². The Kier molecular flexibility index (Phi) is 39.8. The van der Waals surface area contributed by atoms with Crippen LogP contribution in [0.5, 0.6) is 0 Å². The zero-order chi connectivity index (χ0) is 95.7. The number of aliphatic hydroxyl groups is 30. The minimum atomic E-state index is -3.33. The highest BCUT2D eigenvalue weighted by Crippen LogP contribution is 2.42. The Morgan fingerprint density at radius 1 is 0.349 bits per heavy atom. The Balaban J connectivity index is 1.06. The Labute approximate surface area is 729 Å². The van der Waals surface area contributed by atoms with Gasteiger partial charge in [-0.25, -0.2) is 4.79 Å². The first-order valence-corrected chi connectivity index (χ1v) is 40.7. The number of hydrogen-bond donors (Lipinski definition) is 35. The second-order valence-electron chi connectivity index (χ2n) is 32.2. The molecule has 58 heteroatoms. The first-order chi connectivity index (χ1) is 60.8. The lowest BCUT2D eigenvalue weighted by Gasteiger charge is -2.51. The van der Waals surface area contributed by atoms with Crippen molar-refractivity contribution in [3.63, 3.8) is 0 Å². The van der Waals surface area contributed by atoms with Gasteiger partial charge in [0.1, 0.15) is 232 Å². The van der Waals surface area contributed by atoms with Gasteiger partial charge in [-0.3, -0.25) is 19.2 Å². The fourth-order valence-corrected chi connectivity index (χ4v) is 16.1. The topological polar surface area (TPSA) is 927 Å². The molecule has 0 saturated carbocycles. The maximum absolute atomic E-state index is 13.3. The molecule has 748 valence electrons. The molecule has 9 aliphatic rings.